The van der Waals surface area contributed by atoms with E-state index in [4.69, 9.17) is 16.3 Å². The molecule has 38 heavy (non-hydrogen) atoms. The van der Waals surface area contributed by atoms with E-state index in [-0.39, 0.29) is 24.1 Å². The Morgan fingerprint density at radius 3 is 2.53 bits per heavy atom. The van der Waals surface area contributed by atoms with E-state index in [1.807, 2.05) is 28.7 Å². The molecule has 1 amide bonds. The second-order valence-corrected chi connectivity index (χ2v) is 11.8. The fraction of sp³-hybridized carbons (Fsp3) is 0.333. The third-order valence-corrected chi connectivity index (χ3v) is 7.67. The van der Waals surface area contributed by atoms with Crippen LogP contribution in [0.15, 0.2) is 53.5 Å². The summed E-state index contributed by atoms with van der Waals surface area (Å²) in [6.45, 7) is 4.07. The van der Waals surface area contributed by atoms with E-state index in [0.29, 0.717) is 36.6 Å². The number of halogens is 1. The summed E-state index contributed by atoms with van der Waals surface area (Å²) in [5, 5.41) is 4.78. The molecular weight excluding hydrogens is 528 g/mol. The molecule has 0 atom stereocenters. The van der Waals surface area contributed by atoms with Gasteiger partial charge in [-0.25, -0.2) is 13.1 Å². The molecule has 2 aromatic heterocycles. The molecule has 200 valence electrons. The van der Waals surface area contributed by atoms with E-state index in [9.17, 15) is 18.0 Å². The Kier molecular flexibility index (Phi) is 7.69. The minimum absolute atomic E-state index is 0.0322. The summed E-state index contributed by atoms with van der Waals surface area (Å²) < 4.78 is 33.0. The lowest BCUT2D eigenvalue weighted by Gasteiger charge is -2.26. The van der Waals surface area contributed by atoms with Crippen LogP contribution in [0.25, 0.3) is 16.3 Å². The first-order valence-corrected chi connectivity index (χ1v) is 14.7. The van der Waals surface area contributed by atoms with Gasteiger partial charge in [0.1, 0.15) is 5.56 Å². The molecule has 2 aromatic carbocycles. The predicted molar refractivity (Wildman–Crippen MR) is 148 cm³/mol. The van der Waals surface area contributed by atoms with Crippen molar-refractivity contribution in [3.63, 3.8) is 0 Å². The van der Waals surface area contributed by atoms with E-state index in [1.165, 1.54) is 0 Å². The summed E-state index contributed by atoms with van der Waals surface area (Å²) in [5.74, 6) is -0.476. The van der Waals surface area contributed by atoms with Crippen molar-refractivity contribution in [2.24, 2.45) is 0 Å². The van der Waals surface area contributed by atoms with Gasteiger partial charge >= 0.3 is 0 Å². The van der Waals surface area contributed by atoms with Crippen LogP contribution in [-0.2, 0) is 34.3 Å². The van der Waals surface area contributed by atoms with E-state index < -0.39 is 15.9 Å². The summed E-state index contributed by atoms with van der Waals surface area (Å²) >= 11 is 5.95. The molecule has 1 aliphatic heterocycles. The lowest BCUT2D eigenvalue weighted by atomic mass is 10.0. The zero-order valence-corrected chi connectivity index (χ0v) is 22.6. The highest BCUT2D eigenvalue weighted by atomic mass is 35.5. The van der Waals surface area contributed by atoms with E-state index in [0.717, 1.165) is 47.1 Å². The summed E-state index contributed by atoms with van der Waals surface area (Å²) in [7, 11) is -3.35. The molecule has 0 bridgehead atoms. The zero-order chi connectivity index (χ0) is 26.9. The third-order valence-electron chi connectivity index (χ3n) is 6.69. The number of aromatic nitrogens is 1. The van der Waals surface area contributed by atoms with Crippen molar-refractivity contribution < 1.29 is 17.9 Å². The van der Waals surface area contributed by atoms with Crippen molar-refractivity contribution in [2.45, 2.75) is 19.5 Å². The van der Waals surface area contributed by atoms with Crippen molar-refractivity contribution in [3.8, 4) is 0 Å². The molecule has 0 spiro atoms. The number of nitrogens with one attached hydrogen (secondary N) is 2. The molecule has 3 heterocycles. The van der Waals surface area contributed by atoms with Gasteiger partial charge < -0.3 is 14.5 Å². The van der Waals surface area contributed by atoms with Gasteiger partial charge in [0.15, 0.2) is 0 Å². The third kappa shape index (κ3) is 6.00. The van der Waals surface area contributed by atoms with Crippen LogP contribution in [0.1, 0.15) is 27.2 Å². The predicted octanol–water partition coefficient (Wildman–Crippen LogP) is 2.40. The molecule has 1 aliphatic rings. The molecule has 0 unspecified atom stereocenters. The Morgan fingerprint density at radius 2 is 1.82 bits per heavy atom. The first kappa shape index (κ1) is 26.6. The van der Waals surface area contributed by atoms with E-state index in [2.05, 4.69) is 21.0 Å². The number of pyridine rings is 1. The normalized spacial score (nSPS) is 14.9. The van der Waals surface area contributed by atoms with Crippen LogP contribution in [0.4, 0.5) is 0 Å². The summed E-state index contributed by atoms with van der Waals surface area (Å²) in [6, 6.07) is 13.0. The molecule has 4 aromatic rings. The maximum atomic E-state index is 13.6. The molecule has 1 saturated heterocycles. The molecule has 9 nitrogen and oxygen atoms in total. The van der Waals surface area contributed by atoms with Gasteiger partial charge in [-0.2, -0.15) is 0 Å². The maximum absolute atomic E-state index is 13.6. The Labute approximate surface area is 225 Å². The first-order valence-electron chi connectivity index (χ1n) is 12.4. The number of nitrogens with zero attached hydrogens (tertiary/aromatic N) is 2. The molecule has 1 fully saturated rings. The molecular formula is C27H29ClN4O5S. The molecule has 5 rings (SSSR count). The smallest absolute Gasteiger partial charge is 0.257 e. The van der Waals surface area contributed by atoms with Gasteiger partial charge in [-0.05, 0) is 41.5 Å². The average Bonchev–Trinajstić information content (AvgIpc) is 3.22. The van der Waals surface area contributed by atoms with Crippen molar-refractivity contribution >= 4 is 43.8 Å². The fourth-order valence-electron chi connectivity index (χ4n) is 4.85. The van der Waals surface area contributed by atoms with Gasteiger partial charge in [-0.1, -0.05) is 23.7 Å². The highest BCUT2D eigenvalue weighted by Gasteiger charge is 2.20. The standard InChI is InChI=1S/C27H29ClN4O5S/c1-38(35,36)30-7-6-22-14-20-12-19(16-31-8-10-37-11-9-31)13-23-25(20)32(22)17-24(26(23)33)27(34)29-15-18-2-4-21(28)5-3-18/h2-5,12-14,17,30H,6-11,15-16H2,1H3,(H,29,34). The second kappa shape index (κ2) is 11.0. The van der Waals surface area contributed by atoms with Gasteiger partial charge in [0.25, 0.3) is 5.91 Å². The van der Waals surface area contributed by atoms with Gasteiger partial charge in [-0.3, -0.25) is 14.5 Å². The maximum Gasteiger partial charge on any atom is 0.257 e. The average molecular weight is 557 g/mol. The van der Waals surface area contributed by atoms with Crippen molar-refractivity contribution in [2.75, 3.05) is 39.1 Å². The Hall–Kier alpha value is -3.02. The van der Waals surface area contributed by atoms with Crippen LogP contribution < -0.4 is 15.5 Å². The largest absolute Gasteiger partial charge is 0.379 e. The van der Waals surface area contributed by atoms with Crippen molar-refractivity contribution in [3.05, 3.63) is 86.3 Å². The fourth-order valence-corrected chi connectivity index (χ4v) is 5.45. The molecule has 11 heteroatoms. The number of hydrogen-bond donors (Lipinski definition) is 2. The number of ether oxygens (including phenoxy) is 1. The minimum Gasteiger partial charge on any atom is -0.379 e. The topological polar surface area (TPSA) is 109 Å². The number of sulfonamides is 1. The minimum atomic E-state index is -3.35. The zero-order valence-electron chi connectivity index (χ0n) is 21.0. The Balaban J connectivity index is 1.52. The number of rotatable bonds is 9. The number of hydrogen-bond acceptors (Lipinski definition) is 6. The first-order chi connectivity index (χ1) is 18.2. The van der Waals surface area contributed by atoms with Crippen LogP contribution in [0.3, 0.4) is 0 Å². The van der Waals surface area contributed by atoms with E-state index >= 15 is 0 Å². The van der Waals surface area contributed by atoms with Crippen LogP contribution >= 0.6 is 11.6 Å². The van der Waals surface area contributed by atoms with Gasteiger partial charge in [-0.15, -0.1) is 0 Å². The van der Waals surface area contributed by atoms with Crippen LogP contribution in [0.2, 0.25) is 5.02 Å². The molecule has 0 aliphatic carbocycles. The quantitative estimate of drug-likeness (QED) is 0.328. The summed E-state index contributed by atoms with van der Waals surface area (Å²) in [5.41, 5.74) is 3.06. The monoisotopic (exact) mass is 556 g/mol. The number of benzene rings is 2. The van der Waals surface area contributed by atoms with Gasteiger partial charge in [0.05, 0.1) is 25.0 Å². The highest BCUT2D eigenvalue weighted by molar-refractivity contribution is 7.88. The lowest BCUT2D eigenvalue weighted by molar-refractivity contribution is 0.0342. The van der Waals surface area contributed by atoms with E-state index in [1.54, 1.807) is 18.3 Å². The second-order valence-electron chi connectivity index (χ2n) is 9.57. The Bertz CT molecular complexity index is 1630. The van der Waals surface area contributed by atoms with Gasteiger partial charge in [0, 0.05) is 66.8 Å². The van der Waals surface area contributed by atoms with Crippen LogP contribution in [-0.4, -0.2) is 62.7 Å². The molecule has 0 radical (unpaired) electrons. The van der Waals surface area contributed by atoms with Crippen LogP contribution in [0, 0.1) is 0 Å². The van der Waals surface area contributed by atoms with Crippen LogP contribution in [0.5, 0.6) is 0 Å². The molecule has 0 saturated carbocycles. The van der Waals surface area contributed by atoms with Crippen molar-refractivity contribution in [1.29, 1.82) is 0 Å². The van der Waals surface area contributed by atoms with Crippen molar-refractivity contribution in [1.82, 2.24) is 19.3 Å². The number of amides is 1. The number of morpholine rings is 1. The number of carbonyl (C=O) groups excluding carboxylic acids is 1. The number of carbonyl (C=O) groups is 1. The highest BCUT2D eigenvalue weighted by Crippen LogP contribution is 2.27. The molecule has 2 N–H and O–H groups in total. The summed E-state index contributed by atoms with van der Waals surface area (Å²) in [4.78, 5) is 29.1. The summed E-state index contributed by atoms with van der Waals surface area (Å²) in [6.07, 6.45) is 3.07. The lowest BCUT2D eigenvalue weighted by Crippen LogP contribution is -2.35. The Morgan fingerprint density at radius 1 is 1.08 bits per heavy atom. The van der Waals surface area contributed by atoms with Gasteiger partial charge in [0.2, 0.25) is 15.5 Å². The SMILES string of the molecule is CS(=O)(=O)NCCc1cc2cc(CN3CCOCC3)cc3c(=O)c(C(=O)NCc4ccc(Cl)cc4)cn1c23.